The zero-order chi connectivity index (χ0) is 8.97. The molecular formula is C9H18N2O. The SMILES string of the molecule is CC(=O)N1CCC(CCN)CC1. The molecule has 2 N–H and O–H groups in total. The van der Waals surface area contributed by atoms with Gasteiger partial charge >= 0.3 is 0 Å². The fourth-order valence-corrected chi connectivity index (χ4v) is 1.77. The first-order chi connectivity index (χ1) is 5.74. The Bertz CT molecular complexity index is 151. The van der Waals surface area contributed by atoms with Gasteiger partial charge in [-0.15, -0.1) is 0 Å². The lowest BCUT2D eigenvalue weighted by molar-refractivity contribution is -0.130. The van der Waals surface area contributed by atoms with Crippen LogP contribution in [0.3, 0.4) is 0 Å². The molecule has 0 aromatic rings. The second-order valence-corrected chi connectivity index (χ2v) is 3.53. The van der Waals surface area contributed by atoms with Gasteiger partial charge in [-0.2, -0.15) is 0 Å². The number of rotatable bonds is 2. The molecule has 12 heavy (non-hydrogen) atoms. The first-order valence-corrected chi connectivity index (χ1v) is 4.69. The Kier molecular flexibility index (Phi) is 3.53. The van der Waals surface area contributed by atoms with Crippen molar-refractivity contribution in [1.82, 2.24) is 4.90 Å². The number of hydrogen-bond acceptors (Lipinski definition) is 2. The first kappa shape index (κ1) is 9.52. The molecule has 1 amide bonds. The van der Waals surface area contributed by atoms with E-state index in [2.05, 4.69) is 0 Å². The maximum atomic E-state index is 11.0. The average Bonchev–Trinajstić information content (AvgIpc) is 2.06. The first-order valence-electron chi connectivity index (χ1n) is 4.69. The minimum Gasteiger partial charge on any atom is -0.343 e. The van der Waals surface area contributed by atoms with Gasteiger partial charge in [-0.1, -0.05) is 0 Å². The molecule has 0 atom stereocenters. The van der Waals surface area contributed by atoms with Gasteiger partial charge in [0.15, 0.2) is 0 Å². The Morgan fingerprint density at radius 3 is 2.50 bits per heavy atom. The molecule has 1 aliphatic rings. The molecule has 70 valence electrons. The average molecular weight is 170 g/mol. The van der Waals surface area contributed by atoms with Crippen LogP contribution < -0.4 is 5.73 Å². The molecule has 0 aromatic carbocycles. The van der Waals surface area contributed by atoms with Crippen molar-refractivity contribution in [2.24, 2.45) is 11.7 Å². The number of likely N-dealkylation sites (tertiary alicyclic amines) is 1. The third-order valence-corrected chi connectivity index (χ3v) is 2.63. The van der Waals surface area contributed by atoms with Gasteiger partial charge in [0.05, 0.1) is 0 Å². The summed E-state index contributed by atoms with van der Waals surface area (Å²) in [7, 11) is 0. The number of amides is 1. The molecule has 1 saturated heterocycles. The van der Waals surface area contributed by atoms with Gasteiger partial charge in [0, 0.05) is 20.0 Å². The van der Waals surface area contributed by atoms with Gasteiger partial charge < -0.3 is 10.6 Å². The van der Waals surface area contributed by atoms with Crippen LogP contribution in [0, 0.1) is 5.92 Å². The van der Waals surface area contributed by atoms with Crippen molar-refractivity contribution in [3.05, 3.63) is 0 Å². The maximum absolute atomic E-state index is 11.0. The van der Waals surface area contributed by atoms with E-state index in [1.54, 1.807) is 6.92 Å². The summed E-state index contributed by atoms with van der Waals surface area (Å²) in [5.74, 6) is 0.965. The van der Waals surface area contributed by atoms with Gasteiger partial charge in [-0.3, -0.25) is 4.79 Å². The Hall–Kier alpha value is -0.570. The zero-order valence-corrected chi connectivity index (χ0v) is 7.75. The summed E-state index contributed by atoms with van der Waals surface area (Å²) >= 11 is 0. The number of carbonyl (C=O) groups is 1. The fraction of sp³-hybridized carbons (Fsp3) is 0.889. The molecule has 3 nitrogen and oxygen atoms in total. The number of hydrogen-bond donors (Lipinski definition) is 1. The minimum absolute atomic E-state index is 0.209. The summed E-state index contributed by atoms with van der Waals surface area (Å²) in [6.45, 7) is 4.29. The normalized spacial score (nSPS) is 19.7. The van der Waals surface area contributed by atoms with Crippen LogP contribution in [0.1, 0.15) is 26.2 Å². The summed E-state index contributed by atoms with van der Waals surface area (Å²) in [6.07, 6.45) is 3.39. The van der Waals surface area contributed by atoms with Gasteiger partial charge in [-0.05, 0) is 31.7 Å². The van der Waals surface area contributed by atoms with Crippen molar-refractivity contribution >= 4 is 5.91 Å². The number of nitrogens with two attached hydrogens (primary N) is 1. The molecule has 0 aromatic heterocycles. The maximum Gasteiger partial charge on any atom is 0.219 e. The highest BCUT2D eigenvalue weighted by Crippen LogP contribution is 2.19. The van der Waals surface area contributed by atoms with E-state index in [0.29, 0.717) is 0 Å². The molecule has 3 heteroatoms. The second-order valence-electron chi connectivity index (χ2n) is 3.53. The van der Waals surface area contributed by atoms with Crippen LogP contribution in [-0.4, -0.2) is 30.4 Å². The molecule has 0 radical (unpaired) electrons. The predicted octanol–water partition coefficient (Wildman–Crippen LogP) is 0.594. The van der Waals surface area contributed by atoms with E-state index in [0.717, 1.165) is 44.8 Å². The van der Waals surface area contributed by atoms with Gasteiger partial charge in [0.1, 0.15) is 0 Å². The van der Waals surface area contributed by atoms with Crippen molar-refractivity contribution < 1.29 is 4.79 Å². The van der Waals surface area contributed by atoms with E-state index in [1.807, 2.05) is 4.90 Å². The van der Waals surface area contributed by atoms with Crippen LogP contribution >= 0.6 is 0 Å². The second kappa shape index (κ2) is 4.45. The summed E-state index contributed by atoms with van der Waals surface area (Å²) in [4.78, 5) is 12.9. The Balaban J connectivity index is 2.25. The highest BCUT2D eigenvalue weighted by Gasteiger charge is 2.19. The lowest BCUT2D eigenvalue weighted by atomic mass is 9.94. The van der Waals surface area contributed by atoms with Crippen LogP contribution in [0.5, 0.6) is 0 Å². The summed E-state index contributed by atoms with van der Waals surface area (Å²) < 4.78 is 0. The van der Waals surface area contributed by atoms with E-state index in [1.165, 1.54) is 0 Å². The third kappa shape index (κ3) is 2.48. The monoisotopic (exact) mass is 170 g/mol. The molecule has 0 saturated carbocycles. The Morgan fingerprint density at radius 2 is 2.08 bits per heavy atom. The van der Waals surface area contributed by atoms with Gasteiger partial charge in [0.25, 0.3) is 0 Å². The van der Waals surface area contributed by atoms with E-state index in [-0.39, 0.29) is 5.91 Å². The summed E-state index contributed by atoms with van der Waals surface area (Å²) in [5.41, 5.74) is 5.47. The minimum atomic E-state index is 0.209. The standard InChI is InChI=1S/C9H18N2O/c1-8(12)11-6-3-9(2-5-10)4-7-11/h9H,2-7,10H2,1H3. The van der Waals surface area contributed by atoms with Crippen molar-refractivity contribution in [2.45, 2.75) is 26.2 Å². The molecular weight excluding hydrogens is 152 g/mol. The summed E-state index contributed by atoms with van der Waals surface area (Å²) in [6, 6.07) is 0. The van der Waals surface area contributed by atoms with Crippen molar-refractivity contribution in [3.8, 4) is 0 Å². The van der Waals surface area contributed by atoms with Crippen LogP contribution in [0.4, 0.5) is 0 Å². The third-order valence-electron chi connectivity index (χ3n) is 2.63. The molecule has 0 aliphatic carbocycles. The molecule has 0 bridgehead atoms. The van der Waals surface area contributed by atoms with Gasteiger partial charge in [0.2, 0.25) is 5.91 Å². The quantitative estimate of drug-likeness (QED) is 0.659. The van der Waals surface area contributed by atoms with Crippen LogP contribution in [0.25, 0.3) is 0 Å². The molecule has 0 unspecified atom stereocenters. The number of piperidine rings is 1. The molecule has 1 fully saturated rings. The van der Waals surface area contributed by atoms with Crippen molar-refractivity contribution in [2.75, 3.05) is 19.6 Å². The molecule has 1 aliphatic heterocycles. The van der Waals surface area contributed by atoms with E-state index >= 15 is 0 Å². The lowest BCUT2D eigenvalue weighted by Crippen LogP contribution is -2.37. The van der Waals surface area contributed by atoms with Crippen LogP contribution in [0.15, 0.2) is 0 Å². The lowest BCUT2D eigenvalue weighted by Gasteiger charge is -2.30. The van der Waals surface area contributed by atoms with Crippen LogP contribution in [0.2, 0.25) is 0 Å². The fourth-order valence-electron chi connectivity index (χ4n) is 1.77. The number of carbonyl (C=O) groups excluding carboxylic acids is 1. The highest BCUT2D eigenvalue weighted by atomic mass is 16.2. The van der Waals surface area contributed by atoms with Gasteiger partial charge in [-0.25, -0.2) is 0 Å². The van der Waals surface area contributed by atoms with Crippen molar-refractivity contribution in [1.29, 1.82) is 0 Å². The largest absolute Gasteiger partial charge is 0.343 e. The number of nitrogens with zero attached hydrogens (tertiary/aromatic N) is 1. The summed E-state index contributed by atoms with van der Waals surface area (Å²) in [5, 5.41) is 0. The topological polar surface area (TPSA) is 46.3 Å². The molecule has 1 heterocycles. The van der Waals surface area contributed by atoms with E-state index < -0.39 is 0 Å². The highest BCUT2D eigenvalue weighted by molar-refractivity contribution is 5.73. The predicted molar refractivity (Wildman–Crippen MR) is 48.6 cm³/mol. The smallest absolute Gasteiger partial charge is 0.219 e. The van der Waals surface area contributed by atoms with Crippen LogP contribution in [-0.2, 0) is 4.79 Å². The van der Waals surface area contributed by atoms with E-state index in [4.69, 9.17) is 5.73 Å². The zero-order valence-electron chi connectivity index (χ0n) is 7.75. The van der Waals surface area contributed by atoms with E-state index in [9.17, 15) is 4.79 Å². The van der Waals surface area contributed by atoms with Crippen molar-refractivity contribution in [3.63, 3.8) is 0 Å². The Morgan fingerprint density at radius 1 is 1.50 bits per heavy atom. The molecule has 1 rings (SSSR count). The molecule has 0 spiro atoms. The Labute approximate surface area is 73.9 Å².